The zero-order chi connectivity index (χ0) is 11.0. The Balaban J connectivity index is 1.81. The van der Waals surface area contributed by atoms with Crippen LogP contribution in [0.25, 0.3) is 0 Å². The van der Waals surface area contributed by atoms with Gasteiger partial charge in [-0.2, -0.15) is 0 Å². The molecule has 1 heterocycles. The number of fused-ring (bicyclic) bond motifs is 2. The molecule has 2 bridgehead atoms. The van der Waals surface area contributed by atoms with Crippen LogP contribution in [0.5, 0.6) is 0 Å². The molecule has 0 amide bonds. The van der Waals surface area contributed by atoms with Gasteiger partial charge in [-0.1, -0.05) is 6.42 Å². The largest absolute Gasteiger partial charge is 0.370 e. The van der Waals surface area contributed by atoms with Gasteiger partial charge in [-0.05, 0) is 44.1 Å². The van der Waals surface area contributed by atoms with Gasteiger partial charge in [0, 0.05) is 18.7 Å². The average Bonchev–Trinajstić information content (AvgIpc) is 2.91. The van der Waals surface area contributed by atoms with Crippen LogP contribution in [0, 0.1) is 11.8 Å². The summed E-state index contributed by atoms with van der Waals surface area (Å²) in [7, 11) is 0. The second-order valence-corrected chi connectivity index (χ2v) is 5.11. The third-order valence-electron chi connectivity index (χ3n) is 4.10. The number of hydrogen-bond acceptors (Lipinski definition) is 3. The van der Waals surface area contributed by atoms with Crippen LogP contribution in [0.4, 0.5) is 5.82 Å². The van der Waals surface area contributed by atoms with Crippen molar-refractivity contribution in [2.24, 2.45) is 11.8 Å². The van der Waals surface area contributed by atoms with Crippen molar-refractivity contribution in [3.05, 3.63) is 18.1 Å². The van der Waals surface area contributed by atoms with Crippen molar-refractivity contribution in [1.82, 2.24) is 9.97 Å². The fourth-order valence-corrected chi connectivity index (χ4v) is 3.39. The van der Waals surface area contributed by atoms with E-state index < -0.39 is 0 Å². The van der Waals surface area contributed by atoms with E-state index in [0.29, 0.717) is 5.92 Å². The molecule has 0 radical (unpaired) electrons. The molecule has 2 aliphatic carbocycles. The topological polar surface area (TPSA) is 37.8 Å². The van der Waals surface area contributed by atoms with Gasteiger partial charge in [-0.15, -0.1) is 0 Å². The minimum atomic E-state index is 0.636. The van der Waals surface area contributed by atoms with Crippen LogP contribution in [-0.2, 0) is 0 Å². The van der Waals surface area contributed by atoms with E-state index in [4.69, 9.17) is 0 Å². The minimum absolute atomic E-state index is 0.636. The first-order chi connectivity index (χ1) is 7.86. The number of hydrogen-bond donors (Lipinski definition) is 1. The first kappa shape index (κ1) is 10.1. The van der Waals surface area contributed by atoms with Crippen molar-refractivity contribution in [3.8, 4) is 0 Å². The lowest BCUT2D eigenvalue weighted by molar-refractivity contribution is 0.405. The quantitative estimate of drug-likeness (QED) is 0.846. The summed E-state index contributed by atoms with van der Waals surface area (Å²) >= 11 is 0. The van der Waals surface area contributed by atoms with E-state index in [1.54, 1.807) is 0 Å². The molecule has 3 atom stereocenters. The third kappa shape index (κ3) is 1.68. The minimum Gasteiger partial charge on any atom is -0.370 e. The molecule has 3 heteroatoms. The summed E-state index contributed by atoms with van der Waals surface area (Å²) in [6.07, 6.45) is 7.46. The van der Waals surface area contributed by atoms with Crippen LogP contribution in [0.2, 0.25) is 0 Å². The highest BCUT2D eigenvalue weighted by Gasteiger charge is 2.41. The monoisotopic (exact) mass is 217 g/mol. The fraction of sp³-hybridized carbons (Fsp3) is 0.692. The van der Waals surface area contributed by atoms with E-state index in [0.717, 1.165) is 30.0 Å². The van der Waals surface area contributed by atoms with Gasteiger partial charge in [-0.25, -0.2) is 9.97 Å². The highest BCUT2D eigenvalue weighted by Crippen LogP contribution is 2.52. The molecule has 1 N–H and O–H groups in total. The van der Waals surface area contributed by atoms with E-state index in [1.165, 1.54) is 25.7 Å². The summed E-state index contributed by atoms with van der Waals surface area (Å²) in [5.74, 6) is 4.52. The molecule has 86 valence electrons. The molecule has 3 nitrogen and oxygen atoms in total. The average molecular weight is 217 g/mol. The second kappa shape index (κ2) is 4.04. The van der Waals surface area contributed by atoms with Gasteiger partial charge in [0.2, 0.25) is 0 Å². The summed E-state index contributed by atoms with van der Waals surface area (Å²) in [6, 6.07) is 1.96. The molecule has 16 heavy (non-hydrogen) atoms. The zero-order valence-electron chi connectivity index (χ0n) is 9.82. The molecular formula is C13H19N3. The van der Waals surface area contributed by atoms with Crippen LogP contribution in [0.15, 0.2) is 12.3 Å². The molecule has 3 unspecified atom stereocenters. The SMILES string of the molecule is CCNc1ccnc(C2CC3CCC2C3)n1. The van der Waals surface area contributed by atoms with E-state index in [1.807, 2.05) is 12.3 Å². The van der Waals surface area contributed by atoms with Crippen LogP contribution in [-0.4, -0.2) is 16.5 Å². The number of anilines is 1. The summed E-state index contributed by atoms with van der Waals surface area (Å²) in [5, 5.41) is 3.26. The lowest BCUT2D eigenvalue weighted by atomic mass is 9.88. The molecule has 3 rings (SSSR count). The van der Waals surface area contributed by atoms with Crippen molar-refractivity contribution < 1.29 is 0 Å². The maximum Gasteiger partial charge on any atom is 0.134 e. The predicted octanol–water partition coefficient (Wildman–Crippen LogP) is 2.81. The summed E-state index contributed by atoms with van der Waals surface area (Å²) in [4.78, 5) is 9.11. The van der Waals surface area contributed by atoms with Gasteiger partial charge in [0.05, 0.1) is 0 Å². The van der Waals surface area contributed by atoms with Crippen molar-refractivity contribution in [2.75, 3.05) is 11.9 Å². The van der Waals surface area contributed by atoms with Crippen LogP contribution < -0.4 is 5.32 Å². The normalized spacial score (nSPS) is 31.9. The van der Waals surface area contributed by atoms with Crippen molar-refractivity contribution >= 4 is 5.82 Å². The molecule has 2 aliphatic rings. The van der Waals surface area contributed by atoms with Gasteiger partial charge in [0.1, 0.15) is 11.6 Å². The Bertz CT molecular complexity index is 377. The van der Waals surface area contributed by atoms with E-state index in [-0.39, 0.29) is 0 Å². The molecule has 0 saturated heterocycles. The van der Waals surface area contributed by atoms with Gasteiger partial charge in [0.15, 0.2) is 0 Å². The fourth-order valence-electron chi connectivity index (χ4n) is 3.39. The first-order valence-corrected chi connectivity index (χ1v) is 6.43. The Morgan fingerprint density at radius 2 is 2.31 bits per heavy atom. The highest BCUT2D eigenvalue weighted by atomic mass is 15.0. The maximum absolute atomic E-state index is 4.64. The Morgan fingerprint density at radius 3 is 3.00 bits per heavy atom. The van der Waals surface area contributed by atoms with Crippen molar-refractivity contribution in [3.63, 3.8) is 0 Å². The molecular weight excluding hydrogens is 198 g/mol. The standard InChI is InChI=1S/C13H19N3/c1-2-14-12-5-6-15-13(16-12)11-8-9-3-4-10(11)7-9/h5-6,9-11H,2-4,7-8H2,1H3,(H,14,15,16). The molecule has 2 fully saturated rings. The van der Waals surface area contributed by atoms with Crippen LogP contribution >= 0.6 is 0 Å². The van der Waals surface area contributed by atoms with Crippen LogP contribution in [0.1, 0.15) is 44.3 Å². The molecule has 0 aromatic carbocycles. The molecule has 0 aliphatic heterocycles. The lowest BCUT2D eigenvalue weighted by Gasteiger charge is -2.20. The third-order valence-corrected chi connectivity index (χ3v) is 4.10. The van der Waals surface area contributed by atoms with Gasteiger partial charge < -0.3 is 5.32 Å². The van der Waals surface area contributed by atoms with E-state index in [2.05, 4.69) is 22.2 Å². The second-order valence-electron chi connectivity index (χ2n) is 5.11. The molecule has 0 spiro atoms. The first-order valence-electron chi connectivity index (χ1n) is 6.43. The number of rotatable bonds is 3. The number of nitrogens with zero attached hydrogens (tertiary/aromatic N) is 2. The van der Waals surface area contributed by atoms with E-state index >= 15 is 0 Å². The van der Waals surface area contributed by atoms with Crippen LogP contribution in [0.3, 0.4) is 0 Å². The lowest BCUT2D eigenvalue weighted by Crippen LogP contribution is -2.13. The highest BCUT2D eigenvalue weighted by molar-refractivity contribution is 5.33. The Hall–Kier alpha value is -1.12. The summed E-state index contributed by atoms with van der Waals surface area (Å²) < 4.78 is 0. The predicted molar refractivity (Wildman–Crippen MR) is 64.4 cm³/mol. The Morgan fingerprint density at radius 1 is 1.38 bits per heavy atom. The maximum atomic E-state index is 4.64. The Kier molecular flexibility index (Phi) is 2.54. The van der Waals surface area contributed by atoms with Gasteiger partial charge in [0.25, 0.3) is 0 Å². The van der Waals surface area contributed by atoms with Gasteiger partial charge in [-0.3, -0.25) is 0 Å². The number of nitrogens with one attached hydrogen (secondary N) is 1. The summed E-state index contributed by atoms with van der Waals surface area (Å²) in [6.45, 7) is 3.02. The van der Waals surface area contributed by atoms with Crippen molar-refractivity contribution in [2.45, 2.75) is 38.5 Å². The zero-order valence-corrected chi connectivity index (χ0v) is 9.82. The smallest absolute Gasteiger partial charge is 0.134 e. The Labute approximate surface area is 96.7 Å². The van der Waals surface area contributed by atoms with Gasteiger partial charge >= 0.3 is 0 Å². The summed E-state index contributed by atoms with van der Waals surface area (Å²) in [5.41, 5.74) is 0. The molecule has 2 saturated carbocycles. The molecule has 1 aromatic rings. The molecule has 1 aromatic heterocycles. The van der Waals surface area contributed by atoms with E-state index in [9.17, 15) is 0 Å². The van der Waals surface area contributed by atoms with Crippen molar-refractivity contribution in [1.29, 1.82) is 0 Å². The number of aromatic nitrogens is 2.